The minimum absolute atomic E-state index is 0.254. The second-order valence-electron chi connectivity index (χ2n) is 6.89. The Morgan fingerprint density at radius 1 is 1.38 bits per heavy atom. The normalized spacial score (nSPS) is 16.0. The summed E-state index contributed by atoms with van der Waals surface area (Å²) in [6.45, 7) is 7.52. The van der Waals surface area contributed by atoms with E-state index < -0.39 is 0 Å². The van der Waals surface area contributed by atoms with Crippen LogP contribution in [0.5, 0.6) is 0 Å². The molecular formula is C18H31N3O2S. The molecule has 0 bridgehead atoms. The Hall–Kier alpha value is -1.01. The fraction of sp³-hybridized carbons (Fsp3) is 0.778. The van der Waals surface area contributed by atoms with Crippen LogP contribution in [0.15, 0.2) is 5.16 Å². The van der Waals surface area contributed by atoms with Crippen LogP contribution in [0.2, 0.25) is 0 Å². The van der Waals surface area contributed by atoms with Crippen molar-refractivity contribution in [3.05, 3.63) is 11.4 Å². The largest absolute Gasteiger partial charge is 0.369 e. The number of carbonyl (C=O) groups excluding carboxylic acids is 1. The standard InChI is InChI=1S/C18H31N3O2S/c1-4-23-12-21-15(10-14-8-6-5-7-9-14)17(13(2)3)20-18(21)24-11-16(19)22/h13-14H,4-12H2,1-3H3,(H2,19,22). The lowest BCUT2D eigenvalue weighted by atomic mass is 9.85. The molecule has 2 N–H and O–H groups in total. The van der Waals surface area contributed by atoms with Gasteiger partial charge in [-0.2, -0.15) is 0 Å². The van der Waals surface area contributed by atoms with Crippen molar-refractivity contribution in [3.8, 4) is 0 Å². The third-order valence-electron chi connectivity index (χ3n) is 4.59. The van der Waals surface area contributed by atoms with Crippen molar-refractivity contribution >= 4 is 17.7 Å². The monoisotopic (exact) mass is 353 g/mol. The third kappa shape index (κ3) is 5.24. The van der Waals surface area contributed by atoms with E-state index in [2.05, 4.69) is 18.4 Å². The molecular weight excluding hydrogens is 322 g/mol. The van der Waals surface area contributed by atoms with Crippen LogP contribution in [0.4, 0.5) is 0 Å². The third-order valence-corrected chi connectivity index (χ3v) is 5.59. The summed E-state index contributed by atoms with van der Waals surface area (Å²) < 4.78 is 7.85. The van der Waals surface area contributed by atoms with Gasteiger partial charge in [0.25, 0.3) is 0 Å². The molecule has 0 aliphatic heterocycles. The summed E-state index contributed by atoms with van der Waals surface area (Å²) in [5.74, 6) is 1.04. The maximum atomic E-state index is 11.2. The highest BCUT2D eigenvalue weighted by Gasteiger charge is 2.24. The average Bonchev–Trinajstić information content (AvgIpc) is 2.89. The van der Waals surface area contributed by atoms with Gasteiger partial charge in [-0.1, -0.05) is 57.7 Å². The maximum Gasteiger partial charge on any atom is 0.227 e. The molecule has 0 radical (unpaired) electrons. The smallest absolute Gasteiger partial charge is 0.227 e. The quantitative estimate of drug-likeness (QED) is 0.687. The van der Waals surface area contributed by atoms with Gasteiger partial charge in [0.15, 0.2) is 5.16 Å². The molecule has 2 rings (SSSR count). The van der Waals surface area contributed by atoms with E-state index in [0.29, 0.717) is 19.3 Å². The van der Waals surface area contributed by atoms with E-state index >= 15 is 0 Å². The molecule has 0 atom stereocenters. The zero-order valence-electron chi connectivity index (χ0n) is 15.2. The minimum Gasteiger partial charge on any atom is -0.369 e. The molecule has 1 aliphatic carbocycles. The van der Waals surface area contributed by atoms with Gasteiger partial charge in [0.1, 0.15) is 6.73 Å². The molecule has 136 valence electrons. The molecule has 1 aromatic rings. The Morgan fingerprint density at radius 2 is 2.08 bits per heavy atom. The van der Waals surface area contributed by atoms with E-state index in [0.717, 1.165) is 23.2 Å². The van der Waals surface area contributed by atoms with E-state index in [-0.39, 0.29) is 11.7 Å². The number of carbonyl (C=O) groups is 1. The van der Waals surface area contributed by atoms with Gasteiger partial charge >= 0.3 is 0 Å². The molecule has 24 heavy (non-hydrogen) atoms. The molecule has 1 fully saturated rings. The molecule has 1 aromatic heterocycles. The lowest BCUT2D eigenvalue weighted by Crippen LogP contribution is -2.17. The molecule has 6 heteroatoms. The molecule has 0 spiro atoms. The first kappa shape index (κ1) is 19.3. The summed E-state index contributed by atoms with van der Waals surface area (Å²) in [4.78, 5) is 16.0. The van der Waals surface area contributed by atoms with Gasteiger partial charge in [0, 0.05) is 12.3 Å². The highest BCUT2D eigenvalue weighted by Crippen LogP contribution is 2.32. The van der Waals surface area contributed by atoms with Crippen molar-refractivity contribution in [1.29, 1.82) is 0 Å². The Bertz CT molecular complexity index is 537. The van der Waals surface area contributed by atoms with Crippen molar-refractivity contribution < 1.29 is 9.53 Å². The molecule has 0 unspecified atom stereocenters. The minimum atomic E-state index is -0.314. The van der Waals surface area contributed by atoms with E-state index in [1.54, 1.807) is 0 Å². The van der Waals surface area contributed by atoms with Crippen molar-refractivity contribution in [2.45, 2.75) is 77.1 Å². The van der Waals surface area contributed by atoms with Crippen molar-refractivity contribution in [3.63, 3.8) is 0 Å². The number of imidazole rings is 1. The summed E-state index contributed by atoms with van der Waals surface area (Å²) in [5, 5.41) is 0.858. The van der Waals surface area contributed by atoms with Crippen LogP contribution >= 0.6 is 11.8 Å². The van der Waals surface area contributed by atoms with Crippen LogP contribution in [-0.4, -0.2) is 27.8 Å². The fourth-order valence-corrected chi connectivity index (χ4v) is 4.14. The van der Waals surface area contributed by atoms with Gasteiger partial charge < -0.3 is 10.5 Å². The number of aromatic nitrogens is 2. The molecule has 1 amide bonds. The van der Waals surface area contributed by atoms with E-state index in [4.69, 9.17) is 15.5 Å². The van der Waals surface area contributed by atoms with Gasteiger partial charge in [-0.25, -0.2) is 4.98 Å². The van der Waals surface area contributed by atoms with Gasteiger partial charge in [-0.3, -0.25) is 9.36 Å². The Morgan fingerprint density at radius 3 is 2.67 bits per heavy atom. The molecule has 0 saturated heterocycles. The highest BCUT2D eigenvalue weighted by atomic mass is 32.2. The number of amides is 1. The number of hydrogen-bond acceptors (Lipinski definition) is 4. The predicted molar refractivity (Wildman–Crippen MR) is 98.1 cm³/mol. The lowest BCUT2D eigenvalue weighted by Gasteiger charge is -2.23. The van der Waals surface area contributed by atoms with Gasteiger partial charge in [0.05, 0.1) is 11.4 Å². The number of hydrogen-bond donors (Lipinski definition) is 1. The molecule has 1 saturated carbocycles. The lowest BCUT2D eigenvalue weighted by molar-refractivity contribution is -0.115. The summed E-state index contributed by atoms with van der Waals surface area (Å²) in [7, 11) is 0. The van der Waals surface area contributed by atoms with Crippen molar-refractivity contribution in [2.75, 3.05) is 12.4 Å². The zero-order chi connectivity index (χ0) is 17.5. The number of primary amides is 1. The second-order valence-corrected chi connectivity index (χ2v) is 7.84. The predicted octanol–water partition coefficient (Wildman–Crippen LogP) is 3.70. The van der Waals surface area contributed by atoms with E-state index in [9.17, 15) is 4.79 Å². The summed E-state index contributed by atoms with van der Waals surface area (Å²) >= 11 is 1.42. The summed E-state index contributed by atoms with van der Waals surface area (Å²) in [6, 6.07) is 0. The number of nitrogens with two attached hydrogens (primary N) is 1. The summed E-state index contributed by atoms with van der Waals surface area (Å²) in [5.41, 5.74) is 7.75. The van der Waals surface area contributed by atoms with Crippen LogP contribution in [0, 0.1) is 5.92 Å². The number of rotatable bonds is 9. The maximum absolute atomic E-state index is 11.2. The first-order chi connectivity index (χ1) is 11.5. The fourth-order valence-electron chi connectivity index (χ4n) is 3.39. The average molecular weight is 354 g/mol. The van der Waals surface area contributed by atoms with Crippen LogP contribution in [0.3, 0.4) is 0 Å². The van der Waals surface area contributed by atoms with Crippen LogP contribution in [-0.2, 0) is 22.7 Å². The van der Waals surface area contributed by atoms with Gasteiger partial charge in [-0.15, -0.1) is 0 Å². The first-order valence-corrected chi connectivity index (χ1v) is 10.1. The SMILES string of the molecule is CCOCn1c(SCC(N)=O)nc(C(C)C)c1CC1CCCCC1. The van der Waals surface area contributed by atoms with Crippen molar-refractivity contribution in [2.24, 2.45) is 11.7 Å². The van der Waals surface area contributed by atoms with E-state index in [1.165, 1.54) is 49.6 Å². The van der Waals surface area contributed by atoms with Crippen LogP contribution in [0.1, 0.15) is 70.2 Å². The topological polar surface area (TPSA) is 70.1 Å². The molecule has 1 aliphatic rings. The molecule has 5 nitrogen and oxygen atoms in total. The zero-order valence-corrected chi connectivity index (χ0v) is 16.0. The van der Waals surface area contributed by atoms with E-state index in [1.807, 2.05) is 6.92 Å². The molecule has 0 aromatic carbocycles. The Kier molecular flexibility index (Phi) is 7.62. The number of nitrogens with zero attached hydrogens (tertiary/aromatic N) is 2. The number of ether oxygens (including phenoxy) is 1. The second kappa shape index (κ2) is 9.47. The van der Waals surface area contributed by atoms with Gasteiger partial charge in [-0.05, 0) is 25.2 Å². The Balaban J connectivity index is 2.29. The first-order valence-electron chi connectivity index (χ1n) is 9.11. The highest BCUT2D eigenvalue weighted by molar-refractivity contribution is 7.99. The Labute approximate surface area is 149 Å². The van der Waals surface area contributed by atoms with Crippen molar-refractivity contribution in [1.82, 2.24) is 9.55 Å². The molecule has 1 heterocycles. The summed E-state index contributed by atoms with van der Waals surface area (Å²) in [6.07, 6.45) is 7.72. The van der Waals surface area contributed by atoms with Crippen LogP contribution in [0.25, 0.3) is 0 Å². The number of thioether (sulfide) groups is 1. The van der Waals surface area contributed by atoms with Crippen LogP contribution < -0.4 is 5.73 Å². The van der Waals surface area contributed by atoms with Gasteiger partial charge in [0.2, 0.25) is 5.91 Å².